The van der Waals surface area contributed by atoms with Crippen LogP contribution in [-0.2, 0) is 6.18 Å². The second-order valence-electron chi connectivity index (χ2n) is 7.49. The van der Waals surface area contributed by atoms with Crippen molar-refractivity contribution in [1.82, 2.24) is 4.98 Å². The highest BCUT2D eigenvalue weighted by molar-refractivity contribution is 7.14. The van der Waals surface area contributed by atoms with Crippen LogP contribution in [0, 0.1) is 5.82 Å². The first-order chi connectivity index (χ1) is 15.4. The molecule has 0 spiro atoms. The van der Waals surface area contributed by atoms with E-state index in [1.807, 2.05) is 0 Å². The molecule has 1 N–H and O–H groups in total. The summed E-state index contributed by atoms with van der Waals surface area (Å²) in [6.07, 6.45) is 1.69. The highest BCUT2D eigenvalue weighted by Gasteiger charge is 2.34. The van der Waals surface area contributed by atoms with Gasteiger partial charge in [0.2, 0.25) is 0 Å². The van der Waals surface area contributed by atoms with Gasteiger partial charge >= 0.3 is 6.18 Å². The van der Waals surface area contributed by atoms with Crippen molar-refractivity contribution in [3.8, 4) is 17.0 Å². The van der Waals surface area contributed by atoms with Crippen LogP contribution in [-0.4, -0.2) is 11.6 Å². The molecule has 0 amide bonds. The first kappa shape index (κ1) is 24.0. The van der Waals surface area contributed by atoms with Gasteiger partial charge < -0.3 is 10.1 Å². The number of rotatable bonds is 11. The second-order valence-corrected chi connectivity index (χ2v) is 8.35. The monoisotopic (exact) mass is 466 g/mol. The molecule has 0 atom stereocenters. The molecule has 0 saturated heterocycles. The van der Waals surface area contributed by atoms with Gasteiger partial charge in [-0.15, -0.1) is 11.3 Å². The average molecular weight is 467 g/mol. The van der Waals surface area contributed by atoms with Crippen LogP contribution in [0.1, 0.15) is 51.0 Å². The fourth-order valence-electron chi connectivity index (χ4n) is 3.23. The summed E-state index contributed by atoms with van der Waals surface area (Å²) in [5.41, 5.74) is 0.797. The Morgan fingerprint density at radius 1 is 0.969 bits per heavy atom. The van der Waals surface area contributed by atoms with Gasteiger partial charge in [0.15, 0.2) is 5.13 Å². The van der Waals surface area contributed by atoms with Gasteiger partial charge in [0, 0.05) is 16.6 Å². The van der Waals surface area contributed by atoms with E-state index in [-0.39, 0.29) is 23.9 Å². The molecular formula is C24H26F4N2OS. The van der Waals surface area contributed by atoms with Crippen molar-refractivity contribution in [3.63, 3.8) is 0 Å². The predicted octanol–water partition coefficient (Wildman–Crippen LogP) is 8.45. The van der Waals surface area contributed by atoms with E-state index in [0.29, 0.717) is 10.8 Å². The van der Waals surface area contributed by atoms with Crippen molar-refractivity contribution < 1.29 is 22.3 Å². The van der Waals surface area contributed by atoms with Crippen LogP contribution in [0.15, 0.2) is 47.8 Å². The van der Waals surface area contributed by atoms with E-state index in [1.165, 1.54) is 36.0 Å². The number of halogens is 4. The number of anilines is 2. The summed E-state index contributed by atoms with van der Waals surface area (Å²) in [5.74, 6) is -0.511. The summed E-state index contributed by atoms with van der Waals surface area (Å²) in [7, 11) is 0. The third-order valence-electron chi connectivity index (χ3n) is 4.94. The number of alkyl halides is 3. The van der Waals surface area contributed by atoms with Crippen molar-refractivity contribution in [2.24, 2.45) is 0 Å². The second kappa shape index (κ2) is 11.3. The third-order valence-corrected chi connectivity index (χ3v) is 5.69. The predicted molar refractivity (Wildman–Crippen MR) is 121 cm³/mol. The SMILES string of the molecule is CCCCCCCCOc1ccc(Nc2nc(-c3ccc(F)cc3)cs2)cc1C(F)(F)F. The molecular weight excluding hydrogens is 440 g/mol. The molecule has 3 aromatic rings. The van der Waals surface area contributed by atoms with Crippen LogP contribution in [0.5, 0.6) is 5.75 Å². The molecule has 0 radical (unpaired) electrons. The number of nitrogens with zero attached hydrogens (tertiary/aromatic N) is 1. The van der Waals surface area contributed by atoms with Gasteiger partial charge in [-0.1, -0.05) is 39.0 Å². The maximum atomic E-state index is 13.6. The molecule has 0 aliphatic carbocycles. The van der Waals surface area contributed by atoms with Gasteiger partial charge in [0.05, 0.1) is 17.9 Å². The van der Waals surface area contributed by atoms with Crippen LogP contribution >= 0.6 is 11.3 Å². The van der Waals surface area contributed by atoms with E-state index >= 15 is 0 Å². The molecule has 0 fully saturated rings. The fourth-order valence-corrected chi connectivity index (χ4v) is 3.97. The van der Waals surface area contributed by atoms with E-state index < -0.39 is 11.7 Å². The van der Waals surface area contributed by atoms with E-state index in [2.05, 4.69) is 17.2 Å². The zero-order valence-corrected chi connectivity index (χ0v) is 18.7. The molecule has 1 aromatic heterocycles. The largest absolute Gasteiger partial charge is 0.493 e. The number of nitrogens with one attached hydrogen (secondary N) is 1. The molecule has 0 aliphatic heterocycles. The number of hydrogen-bond donors (Lipinski definition) is 1. The minimum atomic E-state index is -4.53. The van der Waals surface area contributed by atoms with E-state index in [9.17, 15) is 17.6 Å². The molecule has 0 aliphatic rings. The number of aromatic nitrogens is 1. The summed E-state index contributed by atoms with van der Waals surface area (Å²) in [6, 6.07) is 9.80. The van der Waals surface area contributed by atoms with Crippen molar-refractivity contribution in [3.05, 3.63) is 59.2 Å². The Labute approximate surface area is 189 Å². The topological polar surface area (TPSA) is 34.1 Å². The van der Waals surface area contributed by atoms with Crippen LogP contribution in [0.2, 0.25) is 0 Å². The number of ether oxygens (including phenoxy) is 1. The lowest BCUT2D eigenvalue weighted by atomic mass is 10.1. The quantitative estimate of drug-likeness (QED) is 0.227. The summed E-state index contributed by atoms with van der Waals surface area (Å²) in [6.45, 7) is 2.40. The Balaban J connectivity index is 1.64. The molecule has 1 heterocycles. The number of unbranched alkanes of at least 4 members (excludes halogenated alkanes) is 5. The number of benzene rings is 2. The minimum absolute atomic E-state index is 0.164. The first-order valence-corrected chi connectivity index (χ1v) is 11.6. The van der Waals surface area contributed by atoms with Crippen molar-refractivity contribution in [2.45, 2.75) is 51.6 Å². The van der Waals surface area contributed by atoms with E-state index in [0.717, 1.165) is 43.7 Å². The highest BCUT2D eigenvalue weighted by Crippen LogP contribution is 2.39. The maximum absolute atomic E-state index is 13.6. The highest BCUT2D eigenvalue weighted by atomic mass is 32.1. The molecule has 2 aromatic carbocycles. The molecule has 3 rings (SSSR count). The fraction of sp³-hybridized carbons (Fsp3) is 0.375. The van der Waals surface area contributed by atoms with Crippen LogP contribution in [0.3, 0.4) is 0 Å². The van der Waals surface area contributed by atoms with Gasteiger partial charge in [-0.05, 0) is 48.9 Å². The third kappa shape index (κ3) is 6.95. The van der Waals surface area contributed by atoms with Crippen molar-refractivity contribution >= 4 is 22.2 Å². The first-order valence-electron chi connectivity index (χ1n) is 10.7. The Hall–Kier alpha value is -2.61. The minimum Gasteiger partial charge on any atom is -0.493 e. The Morgan fingerprint density at radius 3 is 2.41 bits per heavy atom. The Bertz CT molecular complexity index is 986. The molecule has 32 heavy (non-hydrogen) atoms. The summed E-state index contributed by atoms with van der Waals surface area (Å²) in [4.78, 5) is 4.38. The van der Waals surface area contributed by atoms with Gasteiger partial charge in [0.1, 0.15) is 11.6 Å². The normalized spacial score (nSPS) is 11.5. The van der Waals surface area contributed by atoms with Gasteiger partial charge in [-0.25, -0.2) is 9.37 Å². The van der Waals surface area contributed by atoms with Gasteiger partial charge in [0.25, 0.3) is 0 Å². The number of hydrogen-bond acceptors (Lipinski definition) is 4. The Kier molecular flexibility index (Phi) is 8.50. The standard InChI is InChI=1S/C24H26F4N2OS/c1-2-3-4-5-6-7-14-31-22-13-12-19(15-20(22)24(26,27)28)29-23-30-21(16-32-23)17-8-10-18(25)11-9-17/h8-13,15-16H,2-7,14H2,1H3,(H,29,30). The zero-order chi connectivity index (χ0) is 23.0. The van der Waals surface area contributed by atoms with Gasteiger partial charge in [-0.3, -0.25) is 0 Å². The average Bonchev–Trinajstić information content (AvgIpc) is 3.22. The van der Waals surface area contributed by atoms with Crippen LogP contribution in [0.25, 0.3) is 11.3 Å². The lowest BCUT2D eigenvalue weighted by Gasteiger charge is -2.15. The van der Waals surface area contributed by atoms with Crippen molar-refractivity contribution in [1.29, 1.82) is 0 Å². The molecule has 172 valence electrons. The molecule has 0 bridgehead atoms. The van der Waals surface area contributed by atoms with Crippen molar-refractivity contribution in [2.75, 3.05) is 11.9 Å². The lowest BCUT2D eigenvalue weighted by molar-refractivity contribution is -0.138. The number of thiazole rings is 1. The molecule has 8 heteroatoms. The van der Waals surface area contributed by atoms with Crippen LogP contribution < -0.4 is 10.1 Å². The molecule has 0 saturated carbocycles. The summed E-state index contributed by atoms with van der Waals surface area (Å²) < 4.78 is 59.3. The smallest absolute Gasteiger partial charge is 0.420 e. The maximum Gasteiger partial charge on any atom is 0.420 e. The summed E-state index contributed by atoms with van der Waals surface area (Å²) >= 11 is 1.26. The van der Waals surface area contributed by atoms with Gasteiger partial charge in [-0.2, -0.15) is 13.2 Å². The molecule has 0 unspecified atom stereocenters. The van der Waals surface area contributed by atoms with Crippen LogP contribution in [0.4, 0.5) is 28.4 Å². The molecule has 3 nitrogen and oxygen atoms in total. The Morgan fingerprint density at radius 2 is 1.69 bits per heavy atom. The summed E-state index contributed by atoms with van der Waals surface area (Å²) in [5, 5.41) is 5.12. The lowest BCUT2D eigenvalue weighted by Crippen LogP contribution is -2.10. The van der Waals surface area contributed by atoms with E-state index in [1.54, 1.807) is 23.6 Å². The van der Waals surface area contributed by atoms with E-state index in [4.69, 9.17) is 4.74 Å². The zero-order valence-electron chi connectivity index (χ0n) is 17.8.